The molecule has 24 heavy (non-hydrogen) atoms. The normalized spacial score (nSPS) is 11.9. The van der Waals surface area contributed by atoms with Gasteiger partial charge in [-0.15, -0.1) is 0 Å². The smallest absolute Gasteiger partial charge is 0.229 e. The molecule has 122 valence electrons. The van der Waals surface area contributed by atoms with Crippen molar-refractivity contribution in [3.05, 3.63) is 84.2 Å². The maximum atomic E-state index is 12.6. The molecule has 0 unspecified atom stereocenters. The highest BCUT2D eigenvalue weighted by atomic mass is 16.2. The Morgan fingerprint density at radius 3 is 2.42 bits per heavy atom. The molecule has 0 aliphatic carbocycles. The summed E-state index contributed by atoms with van der Waals surface area (Å²) in [5.41, 5.74) is 3.15. The van der Waals surface area contributed by atoms with Crippen molar-refractivity contribution in [2.45, 2.75) is 19.4 Å². The maximum Gasteiger partial charge on any atom is 0.229 e. The Labute approximate surface area is 142 Å². The highest BCUT2D eigenvalue weighted by Crippen LogP contribution is 2.18. The number of aromatic nitrogens is 2. The van der Waals surface area contributed by atoms with Crippen molar-refractivity contribution in [1.29, 1.82) is 0 Å². The van der Waals surface area contributed by atoms with Gasteiger partial charge < -0.3 is 4.90 Å². The molecule has 1 aromatic heterocycles. The number of benzene rings is 2. The monoisotopic (exact) mass is 319 g/mol. The van der Waals surface area contributed by atoms with Gasteiger partial charge in [0.15, 0.2) is 0 Å². The van der Waals surface area contributed by atoms with Gasteiger partial charge in [0.2, 0.25) is 5.91 Å². The summed E-state index contributed by atoms with van der Waals surface area (Å²) in [7, 11) is 1.85. The Morgan fingerprint density at radius 1 is 1.08 bits per heavy atom. The molecule has 0 aliphatic heterocycles. The second kappa shape index (κ2) is 7.13. The molecule has 2 aromatic carbocycles. The summed E-state index contributed by atoms with van der Waals surface area (Å²) in [4.78, 5) is 14.4. The molecule has 0 N–H and O–H groups in total. The highest BCUT2D eigenvalue weighted by Gasteiger charge is 2.19. The molecule has 4 nitrogen and oxygen atoms in total. The summed E-state index contributed by atoms with van der Waals surface area (Å²) in [6.45, 7) is 2.55. The van der Waals surface area contributed by atoms with Crippen LogP contribution in [0.3, 0.4) is 0 Å². The lowest BCUT2D eigenvalue weighted by Crippen LogP contribution is -2.30. The van der Waals surface area contributed by atoms with Gasteiger partial charge in [-0.1, -0.05) is 42.5 Å². The molecule has 0 spiro atoms. The van der Waals surface area contributed by atoms with Crippen LogP contribution in [-0.2, 0) is 11.3 Å². The van der Waals surface area contributed by atoms with Gasteiger partial charge in [-0.25, -0.2) is 4.68 Å². The van der Waals surface area contributed by atoms with Crippen LogP contribution >= 0.6 is 0 Å². The van der Waals surface area contributed by atoms with Crippen molar-refractivity contribution in [1.82, 2.24) is 14.7 Å². The second-order valence-corrected chi connectivity index (χ2v) is 5.94. The summed E-state index contributed by atoms with van der Waals surface area (Å²) >= 11 is 0. The Morgan fingerprint density at radius 2 is 1.79 bits per heavy atom. The maximum absolute atomic E-state index is 12.6. The van der Waals surface area contributed by atoms with Crippen LogP contribution in [0.15, 0.2) is 73.1 Å². The van der Waals surface area contributed by atoms with Crippen LogP contribution in [0.2, 0.25) is 0 Å². The number of hydrogen-bond acceptors (Lipinski definition) is 2. The third-order valence-corrected chi connectivity index (χ3v) is 4.17. The largest absolute Gasteiger partial charge is 0.341 e. The Balaban J connectivity index is 1.66. The van der Waals surface area contributed by atoms with Crippen LogP contribution in [0.25, 0.3) is 5.69 Å². The van der Waals surface area contributed by atoms with E-state index in [0.29, 0.717) is 6.54 Å². The predicted molar refractivity (Wildman–Crippen MR) is 94.9 cm³/mol. The molecule has 0 saturated carbocycles. The van der Waals surface area contributed by atoms with Crippen LogP contribution in [0.1, 0.15) is 24.0 Å². The predicted octanol–water partition coefficient (Wildman–Crippen LogP) is 3.63. The van der Waals surface area contributed by atoms with E-state index in [1.807, 2.05) is 85.5 Å². The zero-order chi connectivity index (χ0) is 16.9. The standard InChI is InChI=1S/C20H21N3O/c1-16(18-7-4-3-5-8-18)20(24)22(2)15-17-9-11-19(12-10-17)23-14-6-13-21-23/h3-14,16H,15H2,1-2H3/t16-/m1/s1. The minimum atomic E-state index is -0.139. The van der Waals surface area contributed by atoms with Gasteiger partial charge in [0.25, 0.3) is 0 Å². The van der Waals surface area contributed by atoms with Gasteiger partial charge in [-0.3, -0.25) is 4.79 Å². The molecule has 0 fully saturated rings. The first-order valence-corrected chi connectivity index (χ1v) is 8.04. The number of nitrogens with zero attached hydrogens (tertiary/aromatic N) is 3. The molecule has 1 heterocycles. The van der Waals surface area contributed by atoms with Crippen LogP contribution < -0.4 is 0 Å². The summed E-state index contributed by atoms with van der Waals surface area (Å²) in [6, 6.07) is 19.9. The number of carbonyl (C=O) groups is 1. The third-order valence-electron chi connectivity index (χ3n) is 4.17. The van der Waals surface area contributed by atoms with Gasteiger partial charge in [-0.05, 0) is 36.2 Å². The van der Waals surface area contributed by atoms with Gasteiger partial charge >= 0.3 is 0 Å². The number of likely N-dealkylation sites (N-methyl/N-ethyl adjacent to an activating group) is 1. The van der Waals surface area contributed by atoms with E-state index in [9.17, 15) is 4.79 Å². The molecule has 4 heteroatoms. The molecule has 0 saturated heterocycles. The summed E-state index contributed by atoms with van der Waals surface area (Å²) in [5.74, 6) is -0.0168. The Kier molecular flexibility index (Phi) is 4.75. The van der Waals surface area contributed by atoms with Crippen molar-refractivity contribution >= 4 is 5.91 Å². The molecule has 0 radical (unpaired) electrons. The van der Waals surface area contributed by atoms with E-state index in [2.05, 4.69) is 5.10 Å². The van der Waals surface area contributed by atoms with Gasteiger partial charge in [0, 0.05) is 26.0 Å². The van der Waals surface area contributed by atoms with Crippen LogP contribution in [0.4, 0.5) is 0 Å². The lowest BCUT2D eigenvalue weighted by atomic mass is 10.00. The van der Waals surface area contributed by atoms with Gasteiger partial charge in [0.1, 0.15) is 0 Å². The minimum absolute atomic E-state index is 0.123. The van der Waals surface area contributed by atoms with Crippen molar-refractivity contribution < 1.29 is 4.79 Å². The SMILES string of the molecule is C[C@@H](C(=O)N(C)Cc1ccc(-n2cccn2)cc1)c1ccccc1. The average molecular weight is 319 g/mol. The van der Waals surface area contributed by atoms with Gasteiger partial charge in [-0.2, -0.15) is 5.10 Å². The van der Waals surface area contributed by atoms with Crippen LogP contribution in [0.5, 0.6) is 0 Å². The lowest BCUT2D eigenvalue weighted by Gasteiger charge is -2.22. The van der Waals surface area contributed by atoms with E-state index in [1.54, 1.807) is 11.1 Å². The lowest BCUT2D eigenvalue weighted by molar-refractivity contribution is -0.131. The van der Waals surface area contributed by atoms with Crippen molar-refractivity contribution in [3.8, 4) is 5.69 Å². The zero-order valence-corrected chi connectivity index (χ0v) is 14.0. The van der Waals surface area contributed by atoms with E-state index in [0.717, 1.165) is 16.8 Å². The summed E-state index contributed by atoms with van der Waals surface area (Å²) < 4.78 is 1.82. The topological polar surface area (TPSA) is 38.1 Å². The van der Waals surface area contributed by atoms with Crippen molar-refractivity contribution in [2.24, 2.45) is 0 Å². The quantitative estimate of drug-likeness (QED) is 0.720. The van der Waals surface area contributed by atoms with E-state index < -0.39 is 0 Å². The third kappa shape index (κ3) is 3.54. The first-order valence-electron chi connectivity index (χ1n) is 8.04. The summed E-state index contributed by atoms with van der Waals surface area (Å²) in [6.07, 6.45) is 3.66. The Bertz CT molecular complexity index is 780. The molecule has 0 aliphatic rings. The number of carbonyl (C=O) groups excluding carboxylic acids is 1. The molecule has 1 amide bonds. The van der Waals surface area contributed by atoms with Crippen LogP contribution in [-0.4, -0.2) is 27.6 Å². The van der Waals surface area contributed by atoms with E-state index in [1.165, 1.54) is 0 Å². The van der Waals surface area contributed by atoms with Crippen LogP contribution in [0, 0.1) is 0 Å². The number of hydrogen-bond donors (Lipinski definition) is 0. The zero-order valence-electron chi connectivity index (χ0n) is 14.0. The molecule has 0 bridgehead atoms. The number of rotatable bonds is 5. The first-order chi connectivity index (χ1) is 11.6. The van der Waals surface area contributed by atoms with E-state index in [4.69, 9.17) is 0 Å². The fourth-order valence-corrected chi connectivity index (χ4v) is 2.74. The highest BCUT2D eigenvalue weighted by molar-refractivity contribution is 5.83. The molecular weight excluding hydrogens is 298 g/mol. The Hall–Kier alpha value is -2.88. The van der Waals surface area contributed by atoms with E-state index in [-0.39, 0.29) is 11.8 Å². The second-order valence-electron chi connectivity index (χ2n) is 5.94. The van der Waals surface area contributed by atoms with Crippen molar-refractivity contribution in [2.75, 3.05) is 7.05 Å². The van der Waals surface area contributed by atoms with E-state index >= 15 is 0 Å². The molecule has 3 rings (SSSR count). The molecule has 3 aromatic rings. The summed E-state index contributed by atoms with van der Waals surface area (Å²) in [5, 5.41) is 4.21. The van der Waals surface area contributed by atoms with Gasteiger partial charge in [0.05, 0.1) is 11.6 Å². The number of amides is 1. The van der Waals surface area contributed by atoms with Crippen molar-refractivity contribution in [3.63, 3.8) is 0 Å². The first kappa shape index (κ1) is 16.0. The minimum Gasteiger partial charge on any atom is -0.341 e. The molecular formula is C20H21N3O. The fourth-order valence-electron chi connectivity index (χ4n) is 2.74. The fraction of sp³-hybridized carbons (Fsp3) is 0.200. The molecule has 1 atom stereocenters. The average Bonchev–Trinajstić information content (AvgIpc) is 3.16.